The molecule has 1 saturated heterocycles. The normalized spacial score (nSPS) is 15.8. The summed E-state index contributed by atoms with van der Waals surface area (Å²) in [6, 6.07) is 1.64. The van der Waals surface area contributed by atoms with Crippen molar-refractivity contribution in [3.8, 4) is 0 Å². The average Bonchev–Trinajstić information content (AvgIpc) is 2.49. The number of nitrogens with one attached hydrogen (secondary N) is 1. The van der Waals surface area contributed by atoms with E-state index in [1.54, 1.807) is 6.07 Å². The van der Waals surface area contributed by atoms with E-state index in [1.165, 1.54) is 45.7 Å². The molecule has 0 saturated carbocycles. The number of carbonyl (C=O) groups excluding carboxylic acids is 1. The topological polar surface area (TPSA) is 80.5 Å². The highest BCUT2D eigenvalue weighted by Gasteiger charge is 2.12. The van der Waals surface area contributed by atoms with Crippen LogP contribution in [0.15, 0.2) is 12.3 Å². The minimum absolute atomic E-state index is 0.332. The number of nitrogen functional groups attached to an aromatic ring is 1. The maximum atomic E-state index is 11.5. The van der Waals surface area contributed by atoms with E-state index in [4.69, 9.17) is 5.73 Å². The lowest BCUT2D eigenvalue weighted by Crippen LogP contribution is -2.33. The summed E-state index contributed by atoms with van der Waals surface area (Å²) < 4.78 is 4.69. The van der Waals surface area contributed by atoms with Crippen LogP contribution in [0.2, 0.25) is 0 Å². The van der Waals surface area contributed by atoms with Crippen molar-refractivity contribution in [3.63, 3.8) is 0 Å². The van der Waals surface area contributed by atoms with Gasteiger partial charge in [-0.3, -0.25) is 0 Å². The maximum Gasteiger partial charge on any atom is 0.340 e. The minimum Gasteiger partial charge on any atom is -0.465 e. The largest absolute Gasteiger partial charge is 0.465 e. The van der Waals surface area contributed by atoms with Crippen molar-refractivity contribution in [2.24, 2.45) is 0 Å². The van der Waals surface area contributed by atoms with E-state index in [0.29, 0.717) is 17.1 Å². The number of hydrogen-bond acceptors (Lipinski definition) is 6. The third kappa shape index (κ3) is 3.84. The Bertz CT molecular complexity index is 458. The third-order valence-corrected chi connectivity index (χ3v) is 3.52. The van der Waals surface area contributed by atoms with Crippen molar-refractivity contribution >= 4 is 17.5 Å². The lowest BCUT2D eigenvalue weighted by molar-refractivity contribution is 0.0602. The van der Waals surface area contributed by atoms with Gasteiger partial charge in [0.2, 0.25) is 0 Å². The molecule has 2 rings (SSSR count). The minimum atomic E-state index is -0.441. The van der Waals surface area contributed by atoms with Crippen LogP contribution in [0, 0.1) is 0 Å². The zero-order valence-corrected chi connectivity index (χ0v) is 11.9. The van der Waals surface area contributed by atoms with Gasteiger partial charge in [-0.25, -0.2) is 9.78 Å². The quantitative estimate of drug-likeness (QED) is 0.791. The van der Waals surface area contributed by atoms with Crippen LogP contribution in [0.1, 0.15) is 29.6 Å². The van der Waals surface area contributed by atoms with E-state index >= 15 is 0 Å². The summed E-state index contributed by atoms with van der Waals surface area (Å²) in [4.78, 5) is 18.2. The molecule has 0 spiro atoms. The Hall–Kier alpha value is -1.82. The highest BCUT2D eigenvalue weighted by atomic mass is 16.5. The second-order valence-corrected chi connectivity index (χ2v) is 4.98. The van der Waals surface area contributed by atoms with E-state index in [9.17, 15) is 4.79 Å². The number of nitrogens with zero attached hydrogens (tertiary/aromatic N) is 2. The van der Waals surface area contributed by atoms with Crippen LogP contribution in [0.5, 0.6) is 0 Å². The van der Waals surface area contributed by atoms with Crippen LogP contribution in [-0.4, -0.2) is 49.1 Å². The summed E-state index contributed by atoms with van der Waals surface area (Å²) in [5.41, 5.74) is 6.39. The molecule has 2 heterocycles. The number of likely N-dealkylation sites (tertiary alicyclic amines) is 1. The van der Waals surface area contributed by atoms with Gasteiger partial charge in [-0.1, -0.05) is 6.42 Å². The number of ether oxygens (including phenoxy) is 1. The Labute approximate surface area is 119 Å². The van der Waals surface area contributed by atoms with Crippen molar-refractivity contribution in [2.45, 2.75) is 19.3 Å². The Balaban J connectivity index is 1.87. The molecule has 1 aliphatic heterocycles. The fourth-order valence-corrected chi connectivity index (χ4v) is 2.37. The summed E-state index contributed by atoms with van der Waals surface area (Å²) in [5, 5.41) is 3.22. The molecule has 0 unspecified atom stereocenters. The molecule has 6 heteroatoms. The van der Waals surface area contributed by atoms with Crippen LogP contribution in [0.25, 0.3) is 0 Å². The Morgan fingerprint density at radius 3 is 2.90 bits per heavy atom. The highest BCUT2D eigenvalue weighted by molar-refractivity contribution is 5.95. The van der Waals surface area contributed by atoms with Gasteiger partial charge >= 0.3 is 5.97 Å². The lowest BCUT2D eigenvalue weighted by atomic mass is 10.1. The van der Waals surface area contributed by atoms with E-state index in [1.807, 2.05) is 0 Å². The number of anilines is 2. The molecule has 0 amide bonds. The third-order valence-electron chi connectivity index (χ3n) is 3.52. The molecule has 20 heavy (non-hydrogen) atoms. The fraction of sp³-hybridized carbons (Fsp3) is 0.571. The molecular formula is C14H22N4O2. The first-order valence-corrected chi connectivity index (χ1v) is 7.01. The van der Waals surface area contributed by atoms with Crippen LogP contribution in [0.4, 0.5) is 11.5 Å². The predicted molar refractivity (Wildman–Crippen MR) is 78.8 cm³/mol. The van der Waals surface area contributed by atoms with Gasteiger partial charge < -0.3 is 20.7 Å². The second kappa shape index (κ2) is 7.09. The summed E-state index contributed by atoms with van der Waals surface area (Å²) in [5.74, 6) is 0.209. The molecule has 1 aliphatic rings. The van der Waals surface area contributed by atoms with Crippen molar-refractivity contribution in [3.05, 3.63) is 17.8 Å². The van der Waals surface area contributed by atoms with E-state index in [2.05, 4.69) is 19.9 Å². The van der Waals surface area contributed by atoms with Gasteiger partial charge in [-0.15, -0.1) is 0 Å². The smallest absolute Gasteiger partial charge is 0.340 e. The molecule has 1 aromatic rings. The van der Waals surface area contributed by atoms with Gasteiger partial charge in [-0.05, 0) is 32.0 Å². The number of carbonyl (C=O) groups is 1. The highest BCUT2D eigenvalue weighted by Crippen LogP contribution is 2.15. The monoisotopic (exact) mass is 278 g/mol. The van der Waals surface area contributed by atoms with Crippen LogP contribution < -0.4 is 11.1 Å². The predicted octanol–water partition coefficient (Wildman–Crippen LogP) is 1.35. The maximum absolute atomic E-state index is 11.5. The molecule has 0 aromatic carbocycles. The Kier molecular flexibility index (Phi) is 5.17. The zero-order chi connectivity index (χ0) is 14.4. The summed E-state index contributed by atoms with van der Waals surface area (Å²) >= 11 is 0. The molecule has 1 fully saturated rings. The van der Waals surface area contributed by atoms with Crippen molar-refractivity contribution in [1.82, 2.24) is 9.88 Å². The van der Waals surface area contributed by atoms with Crippen LogP contribution >= 0.6 is 0 Å². The van der Waals surface area contributed by atoms with Gasteiger partial charge in [0.25, 0.3) is 0 Å². The van der Waals surface area contributed by atoms with Gasteiger partial charge in [0.15, 0.2) is 0 Å². The van der Waals surface area contributed by atoms with Crippen LogP contribution in [-0.2, 0) is 4.74 Å². The molecule has 0 aliphatic carbocycles. The average molecular weight is 278 g/mol. The number of hydrogen-bond donors (Lipinski definition) is 2. The first kappa shape index (κ1) is 14.6. The van der Waals surface area contributed by atoms with Gasteiger partial charge in [0.1, 0.15) is 5.82 Å². The van der Waals surface area contributed by atoms with Crippen molar-refractivity contribution in [2.75, 3.05) is 44.3 Å². The molecule has 0 radical (unpaired) electrons. The fourth-order valence-electron chi connectivity index (χ4n) is 2.37. The number of rotatable bonds is 5. The Morgan fingerprint density at radius 1 is 1.45 bits per heavy atom. The summed E-state index contributed by atoms with van der Waals surface area (Å²) in [6.07, 6.45) is 5.39. The summed E-state index contributed by atoms with van der Waals surface area (Å²) in [7, 11) is 1.34. The number of methoxy groups -OCH3 is 1. The molecule has 3 N–H and O–H groups in total. The second-order valence-electron chi connectivity index (χ2n) is 4.98. The number of pyridine rings is 1. The van der Waals surface area contributed by atoms with Crippen LogP contribution in [0.3, 0.4) is 0 Å². The first-order chi connectivity index (χ1) is 9.70. The number of piperidine rings is 1. The van der Waals surface area contributed by atoms with E-state index in [-0.39, 0.29) is 0 Å². The van der Waals surface area contributed by atoms with Gasteiger partial charge in [0, 0.05) is 13.1 Å². The molecule has 1 aromatic heterocycles. The van der Waals surface area contributed by atoms with E-state index < -0.39 is 5.97 Å². The van der Waals surface area contributed by atoms with Crippen molar-refractivity contribution in [1.29, 1.82) is 0 Å². The molecular weight excluding hydrogens is 256 g/mol. The first-order valence-electron chi connectivity index (χ1n) is 7.01. The molecule has 0 atom stereocenters. The zero-order valence-electron chi connectivity index (χ0n) is 11.9. The number of nitrogens with two attached hydrogens (primary N) is 1. The standard InChI is InChI=1S/C14H22N4O2/c1-20-14(19)11-9-13(17-10-12(11)15)16-5-8-18-6-3-2-4-7-18/h9-10H,2-8,15H2,1H3,(H,16,17). The molecule has 0 bridgehead atoms. The number of aromatic nitrogens is 1. The Morgan fingerprint density at radius 2 is 2.20 bits per heavy atom. The van der Waals surface area contributed by atoms with Gasteiger partial charge in [0.05, 0.1) is 24.6 Å². The SMILES string of the molecule is COC(=O)c1cc(NCCN2CCCCC2)ncc1N. The van der Waals surface area contributed by atoms with E-state index in [0.717, 1.165) is 13.1 Å². The summed E-state index contributed by atoms with van der Waals surface area (Å²) in [6.45, 7) is 4.13. The van der Waals surface area contributed by atoms with Crippen molar-refractivity contribution < 1.29 is 9.53 Å². The lowest BCUT2D eigenvalue weighted by Gasteiger charge is -2.26. The molecule has 6 nitrogen and oxygen atoms in total. The molecule has 110 valence electrons. The van der Waals surface area contributed by atoms with Gasteiger partial charge in [-0.2, -0.15) is 0 Å². The number of esters is 1.